The lowest BCUT2D eigenvalue weighted by atomic mass is 10.0. The Labute approximate surface area is 172 Å². The van der Waals surface area contributed by atoms with Crippen molar-refractivity contribution in [3.05, 3.63) is 64.7 Å². The second kappa shape index (κ2) is 8.37. The molecule has 2 heterocycles. The minimum atomic E-state index is -0.0506. The molecule has 1 saturated heterocycles. The Kier molecular flexibility index (Phi) is 5.67. The van der Waals surface area contributed by atoms with Crippen LogP contribution in [0, 0.1) is 6.92 Å². The minimum Gasteiger partial charge on any atom is -0.350 e. The van der Waals surface area contributed by atoms with Gasteiger partial charge in [0.1, 0.15) is 0 Å². The van der Waals surface area contributed by atoms with E-state index in [2.05, 4.69) is 41.4 Å². The number of nitrogens with zero attached hydrogens (tertiary/aromatic N) is 2. The van der Waals surface area contributed by atoms with E-state index < -0.39 is 0 Å². The molecule has 1 fully saturated rings. The van der Waals surface area contributed by atoms with Gasteiger partial charge in [0.15, 0.2) is 0 Å². The van der Waals surface area contributed by atoms with E-state index in [1.807, 2.05) is 18.2 Å². The zero-order valence-electron chi connectivity index (χ0n) is 17.3. The van der Waals surface area contributed by atoms with Crippen LogP contribution in [0.2, 0.25) is 0 Å². The number of aryl methyl sites for hydroxylation is 1. The summed E-state index contributed by atoms with van der Waals surface area (Å²) in [6.07, 6.45) is 3.23. The Morgan fingerprint density at radius 1 is 1.03 bits per heavy atom. The van der Waals surface area contributed by atoms with Gasteiger partial charge in [-0.3, -0.25) is 14.5 Å². The van der Waals surface area contributed by atoms with E-state index in [4.69, 9.17) is 0 Å². The predicted octanol–water partition coefficient (Wildman–Crippen LogP) is 3.47. The Hall–Kier alpha value is -2.66. The van der Waals surface area contributed by atoms with Crippen LogP contribution in [-0.2, 0) is 11.2 Å². The van der Waals surface area contributed by atoms with Gasteiger partial charge in [-0.1, -0.05) is 29.8 Å². The van der Waals surface area contributed by atoms with Crippen LogP contribution in [0.25, 0.3) is 0 Å². The monoisotopic (exact) mass is 391 g/mol. The standard InChI is InChI=1S/C24H29N3O2/c1-17-5-7-19(8-6-17)23(26-12-3-4-13-26)16-25-24(29)21-9-10-22-20(15-21)11-14-27(22)18(2)28/h5-10,15,23H,3-4,11-14,16H2,1-2H3,(H,25,29). The number of carbonyl (C=O) groups excluding carboxylic acids is 2. The third-order valence-electron chi connectivity index (χ3n) is 6.12. The summed E-state index contributed by atoms with van der Waals surface area (Å²) in [6, 6.07) is 14.5. The Morgan fingerprint density at radius 3 is 2.45 bits per heavy atom. The first kappa shape index (κ1) is 19.6. The number of anilines is 1. The second-order valence-corrected chi connectivity index (χ2v) is 8.14. The molecule has 1 atom stereocenters. The summed E-state index contributed by atoms with van der Waals surface area (Å²) in [5.74, 6) is -0.00196. The van der Waals surface area contributed by atoms with Crippen LogP contribution in [-0.4, -0.2) is 42.9 Å². The van der Waals surface area contributed by atoms with E-state index in [-0.39, 0.29) is 17.9 Å². The average molecular weight is 392 g/mol. The van der Waals surface area contributed by atoms with Gasteiger partial charge in [-0.25, -0.2) is 0 Å². The highest BCUT2D eigenvalue weighted by atomic mass is 16.2. The lowest BCUT2D eigenvalue weighted by Crippen LogP contribution is -2.36. The molecular formula is C24H29N3O2. The molecule has 2 amide bonds. The quantitative estimate of drug-likeness (QED) is 0.849. The zero-order chi connectivity index (χ0) is 20.4. The molecule has 2 aliphatic rings. The van der Waals surface area contributed by atoms with E-state index >= 15 is 0 Å². The number of rotatable bonds is 5. The van der Waals surface area contributed by atoms with Gasteiger partial charge in [0.2, 0.25) is 5.91 Å². The van der Waals surface area contributed by atoms with Gasteiger partial charge in [-0.2, -0.15) is 0 Å². The van der Waals surface area contributed by atoms with Gasteiger partial charge in [0.05, 0.1) is 6.04 Å². The van der Waals surface area contributed by atoms with Crippen LogP contribution in [0.3, 0.4) is 0 Å². The van der Waals surface area contributed by atoms with Crippen LogP contribution in [0.5, 0.6) is 0 Å². The van der Waals surface area contributed by atoms with Gasteiger partial charge in [-0.05, 0) is 68.6 Å². The summed E-state index contributed by atoms with van der Waals surface area (Å²) in [7, 11) is 0. The first-order chi connectivity index (χ1) is 14.0. The molecule has 2 aromatic carbocycles. The highest BCUT2D eigenvalue weighted by Crippen LogP contribution is 2.29. The molecule has 0 saturated carbocycles. The van der Waals surface area contributed by atoms with Crippen molar-refractivity contribution in [1.29, 1.82) is 0 Å². The van der Waals surface area contributed by atoms with Gasteiger partial charge in [0, 0.05) is 31.3 Å². The van der Waals surface area contributed by atoms with Crippen LogP contribution in [0.1, 0.15) is 52.9 Å². The largest absolute Gasteiger partial charge is 0.350 e. The second-order valence-electron chi connectivity index (χ2n) is 8.14. The molecule has 2 aromatic rings. The fourth-order valence-corrected chi connectivity index (χ4v) is 4.46. The van der Waals surface area contributed by atoms with Gasteiger partial charge in [-0.15, -0.1) is 0 Å². The fraction of sp³-hybridized carbons (Fsp3) is 0.417. The molecule has 1 N–H and O–H groups in total. The molecule has 5 nitrogen and oxygen atoms in total. The summed E-state index contributed by atoms with van der Waals surface area (Å²) >= 11 is 0. The predicted molar refractivity (Wildman–Crippen MR) is 115 cm³/mol. The van der Waals surface area contributed by atoms with Gasteiger partial charge >= 0.3 is 0 Å². The number of benzene rings is 2. The molecule has 4 rings (SSSR count). The first-order valence-electron chi connectivity index (χ1n) is 10.5. The number of nitrogens with one attached hydrogen (secondary N) is 1. The van der Waals surface area contributed by atoms with Crippen molar-refractivity contribution in [3.63, 3.8) is 0 Å². The Balaban J connectivity index is 1.47. The lowest BCUT2D eigenvalue weighted by Gasteiger charge is -2.28. The van der Waals surface area contributed by atoms with E-state index in [0.717, 1.165) is 30.8 Å². The molecule has 1 unspecified atom stereocenters. The first-order valence-corrected chi connectivity index (χ1v) is 10.5. The minimum absolute atomic E-state index is 0.0486. The number of amides is 2. The van der Waals surface area contributed by atoms with Crippen molar-refractivity contribution in [2.24, 2.45) is 0 Å². The van der Waals surface area contributed by atoms with Gasteiger partial charge in [0.25, 0.3) is 5.91 Å². The van der Waals surface area contributed by atoms with Gasteiger partial charge < -0.3 is 10.2 Å². The van der Waals surface area contributed by atoms with Crippen molar-refractivity contribution in [3.8, 4) is 0 Å². The molecule has 0 radical (unpaired) electrons. The van der Waals surface area contributed by atoms with Crippen LogP contribution < -0.4 is 10.2 Å². The zero-order valence-corrected chi connectivity index (χ0v) is 17.3. The van der Waals surface area contributed by atoms with Crippen LogP contribution >= 0.6 is 0 Å². The molecule has 2 aliphatic heterocycles. The highest BCUT2D eigenvalue weighted by Gasteiger charge is 2.25. The topological polar surface area (TPSA) is 52.7 Å². The van der Waals surface area contributed by atoms with Crippen LogP contribution in [0.4, 0.5) is 5.69 Å². The van der Waals surface area contributed by atoms with E-state index in [1.165, 1.54) is 24.0 Å². The maximum absolute atomic E-state index is 12.9. The van der Waals surface area contributed by atoms with Crippen molar-refractivity contribution in [2.75, 3.05) is 31.1 Å². The smallest absolute Gasteiger partial charge is 0.251 e. The Morgan fingerprint density at radius 2 is 1.76 bits per heavy atom. The third-order valence-corrected chi connectivity index (χ3v) is 6.12. The van der Waals surface area contributed by atoms with Crippen LogP contribution in [0.15, 0.2) is 42.5 Å². The van der Waals surface area contributed by atoms with E-state index in [0.29, 0.717) is 18.7 Å². The number of hydrogen-bond donors (Lipinski definition) is 1. The molecule has 0 aliphatic carbocycles. The van der Waals surface area contributed by atoms with E-state index in [1.54, 1.807) is 11.8 Å². The molecule has 5 heteroatoms. The molecule has 0 aromatic heterocycles. The van der Waals surface area contributed by atoms with Crippen molar-refractivity contribution in [1.82, 2.24) is 10.2 Å². The Bertz CT molecular complexity index is 901. The maximum Gasteiger partial charge on any atom is 0.251 e. The fourth-order valence-electron chi connectivity index (χ4n) is 4.46. The SMILES string of the molecule is CC(=O)N1CCc2cc(C(=O)NCC(c3ccc(C)cc3)N3CCCC3)ccc21. The van der Waals surface area contributed by atoms with Crippen molar-refractivity contribution in [2.45, 2.75) is 39.2 Å². The molecule has 152 valence electrons. The highest BCUT2D eigenvalue weighted by molar-refractivity contribution is 5.97. The summed E-state index contributed by atoms with van der Waals surface area (Å²) in [5, 5.41) is 3.15. The molecular weight excluding hydrogens is 362 g/mol. The molecule has 0 bridgehead atoms. The van der Waals surface area contributed by atoms with E-state index in [9.17, 15) is 9.59 Å². The number of likely N-dealkylation sites (tertiary alicyclic amines) is 1. The lowest BCUT2D eigenvalue weighted by molar-refractivity contribution is -0.116. The molecule has 0 spiro atoms. The molecule has 29 heavy (non-hydrogen) atoms. The van der Waals surface area contributed by atoms with Crippen molar-refractivity contribution >= 4 is 17.5 Å². The summed E-state index contributed by atoms with van der Waals surface area (Å²) in [5.41, 5.74) is 5.17. The third kappa shape index (κ3) is 4.20. The average Bonchev–Trinajstić information content (AvgIpc) is 3.38. The number of carbonyl (C=O) groups is 2. The number of fused-ring (bicyclic) bond motifs is 1. The summed E-state index contributed by atoms with van der Waals surface area (Å²) in [4.78, 5) is 28.8. The normalized spacial score (nSPS) is 17.2. The number of hydrogen-bond acceptors (Lipinski definition) is 3. The summed E-state index contributed by atoms with van der Waals surface area (Å²) in [6.45, 7) is 7.12. The van der Waals surface area contributed by atoms with Crippen molar-refractivity contribution < 1.29 is 9.59 Å². The summed E-state index contributed by atoms with van der Waals surface area (Å²) < 4.78 is 0. The maximum atomic E-state index is 12.9.